The third kappa shape index (κ3) is 3.16. The van der Waals surface area contributed by atoms with Crippen LogP contribution >= 0.6 is 22.6 Å². The molecule has 0 saturated heterocycles. The average molecular weight is 323 g/mol. The van der Waals surface area contributed by atoms with Crippen molar-refractivity contribution in [2.24, 2.45) is 5.73 Å². The quantitative estimate of drug-likeness (QED) is 0.663. The van der Waals surface area contributed by atoms with Gasteiger partial charge in [0, 0.05) is 6.04 Å². The highest BCUT2D eigenvalue weighted by Gasteiger charge is 2.18. The highest BCUT2D eigenvalue weighted by molar-refractivity contribution is 14.1. The summed E-state index contributed by atoms with van der Waals surface area (Å²) in [7, 11) is 0. The first kappa shape index (κ1) is 12.4. The molecule has 1 unspecified atom stereocenters. The van der Waals surface area contributed by atoms with E-state index in [2.05, 4.69) is 27.7 Å². The molecule has 1 heterocycles. The Morgan fingerprint density at radius 2 is 2.47 bits per heavy atom. The van der Waals surface area contributed by atoms with Crippen LogP contribution in [0.4, 0.5) is 0 Å². The standard InChI is InChI=1S/C9H14IN3O2/c1-3-15-9(14)8-7(10)4-12-13(8)5-6(2)11/h4,6H,3,5,11H2,1-2H3. The number of nitrogens with zero attached hydrogens (tertiary/aromatic N) is 2. The lowest BCUT2D eigenvalue weighted by Crippen LogP contribution is -2.25. The van der Waals surface area contributed by atoms with Gasteiger partial charge in [0.25, 0.3) is 0 Å². The van der Waals surface area contributed by atoms with Gasteiger partial charge in [-0.1, -0.05) is 0 Å². The zero-order valence-electron chi connectivity index (χ0n) is 8.74. The fourth-order valence-corrected chi connectivity index (χ4v) is 1.80. The molecule has 15 heavy (non-hydrogen) atoms. The van der Waals surface area contributed by atoms with E-state index in [-0.39, 0.29) is 12.0 Å². The normalized spacial score (nSPS) is 12.5. The molecule has 0 aliphatic rings. The Labute approximate surface area is 102 Å². The molecule has 1 atom stereocenters. The fourth-order valence-electron chi connectivity index (χ4n) is 1.18. The smallest absolute Gasteiger partial charge is 0.357 e. The first-order valence-electron chi connectivity index (χ1n) is 4.70. The van der Waals surface area contributed by atoms with Crippen molar-refractivity contribution in [1.29, 1.82) is 0 Å². The number of carbonyl (C=O) groups is 1. The number of hydrogen-bond donors (Lipinski definition) is 1. The summed E-state index contributed by atoms with van der Waals surface area (Å²) in [5.41, 5.74) is 6.14. The number of rotatable bonds is 4. The van der Waals surface area contributed by atoms with Crippen molar-refractivity contribution in [3.63, 3.8) is 0 Å². The molecule has 0 saturated carbocycles. The molecule has 0 amide bonds. The van der Waals surface area contributed by atoms with Crippen molar-refractivity contribution in [3.8, 4) is 0 Å². The number of nitrogens with two attached hydrogens (primary N) is 1. The Hall–Kier alpha value is -0.630. The topological polar surface area (TPSA) is 70.1 Å². The third-order valence-corrected chi connectivity index (χ3v) is 2.51. The molecule has 0 spiro atoms. The predicted molar refractivity (Wildman–Crippen MR) is 64.5 cm³/mol. The second-order valence-corrected chi connectivity index (χ2v) is 4.38. The van der Waals surface area contributed by atoms with Gasteiger partial charge >= 0.3 is 5.97 Å². The van der Waals surface area contributed by atoms with Gasteiger partial charge < -0.3 is 10.5 Å². The summed E-state index contributed by atoms with van der Waals surface area (Å²) in [6.45, 7) is 4.51. The summed E-state index contributed by atoms with van der Waals surface area (Å²) in [6.07, 6.45) is 1.63. The molecule has 1 aromatic heterocycles. The average Bonchev–Trinajstić information content (AvgIpc) is 2.46. The Morgan fingerprint density at radius 3 is 3.00 bits per heavy atom. The molecule has 0 aliphatic heterocycles. The molecule has 0 aromatic carbocycles. The number of carbonyl (C=O) groups excluding carboxylic acids is 1. The summed E-state index contributed by atoms with van der Waals surface area (Å²) >= 11 is 2.06. The lowest BCUT2D eigenvalue weighted by Gasteiger charge is -2.09. The van der Waals surface area contributed by atoms with Crippen LogP contribution in [0.1, 0.15) is 24.3 Å². The van der Waals surface area contributed by atoms with Crippen molar-refractivity contribution >= 4 is 28.6 Å². The summed E-state index contributed by atoms with van der Waals surface area (Å²) < 4.78 is 7.32. The van der Waals surface area contributed by atoms with E-state index in [4.69, 9.17) is 10.5 Å². The van der Waals surface area contributed by atoms with Crippen LogP contribution in [0.2, 0.25) is 0 Å². The molecule has 0 aliphatic carbocycles. The Morgan fingerprint density at radius 1 is 1.80 bits per heavy atom. The molecule has 0 bridgehead atoms. The number of esters is 1. The van der Waals surface area contributed by atoms with E-state index in [1.165, 1.54) is 0 Å². The van der Waals surface area contributed by atoms with Crippen LogP contribution in [-0.4, -0.2) is 28.4 Å². The van der Waals surface area contributed by atoms with E-state index < -0.39 is 0 Å². The molecule has 1 aromatic rings. The second kappa shape index (κ2) is 5.45. The first-order valence-corrected chi connectivity index (χ1v) is 5.78. The van der Waals surface area contributed by atoms with Crippen molar-refractivity contribution < 1.29 is 9.53 Å². The minimum absolute atomic E-state index is 0.0473. The second-order valence-electron chi connectivity index (χ2n) is 3.22. The van der Waals surface area contributed by atoms with E-state index in [9.17, 15) is 4.79 Å². The number of aromatic nitrogens is 2. The number of hydrogen-bond acceptors (Lipinski definition) is 4. The lowest BCUT2D eigenvalue weighted by molar-refractivity contribution is 0.0510. The minimum Gasteiger partial charge on any atom is -0.461 e. The zero-order chi connectivity index (χ0) is 11.4. The van der Waals surface area contributed by atoms with Crippen LogP contribution in [0.25, 0.3) is 0 Å². The van der Waals surface area contributed by atoms with Gasteiger partial charge in [-0.15, -0.1) is 0 Å². The largest absolute Gasteiger partial charge is 0.461 e. The van der Waals surface area contributed by atoms with Crippen LogP contribution in [0.5, 0.6) is 0 Å². The van der Waals surface area contributed by atoms with Gasteiger partial charge in [0.2, 0.25) is 0 Å². The molecule has 0 fully saturated rings. The monoisotopic (exact) mass is 323 g/mol. The number of ether oxygens (including phenoxy) is 1. The van der Waals surface area contributed by atoms with Crippen molar-refractivity contribution in [2.75, 3.05) is 6.61 Å². The van der Waals surface area contributed by atoms with Gasteiger partial charge in [0.15, 0.2) is 5.69 Å². The van der Waals surface area contributed by atoms with E-state index in [0.29, 0.717) is 18.8 Å². The van der Waals surface area contributed by atoms with Crippen molar-refractivity contribution in [2.45, 2.75) is 26.4 Å². The Balaban J connectivity index is 2.93. The van der Waals surface area contributed by atoms with Gasteiger partial charge in [-0.3, -0.25) is 4.68 Å². The van der Waals surface area contributed by atoms with Gasteiger partial charge in [-0.05, 0) is 36.4 Å². The van der Waals surface area contributed by atoms with Gasteiger partial charge in [0.1, 0.15) is 0 Å². The number of halogens is 1. The van der Waals surface area contributed by atoms with Gasteiger partial charge in [0.05, 0.1) is 22.9 Å². The summed E-state index contributed by atoms with van der Waals surface area (Å²) in [4.78, 5) is 11.6. The van der Waals surface area contributed by atoms with Crippen molar-refractivity contribution in [1.82, 2.24) is 9.78 Å². The maximum atomic E-state index is 11.6. The third-order valence-electron chi connectivity index (χ3n) is 1.72. The predicted octanol–water partition coefficient (Wildman–Crippen LogP) is 1.01. The van der Waals surface area contributed by atoms with Crippen LogP contribution in [0.3, 0.4) is 0 Å². The summed E-state index contributed by atoms with van der Waals surface area (Å²) in [5.74, 6) is -0.347. The molecule has 6 heteroatoms. The minimum atomic E-state index is -0.347. The van der Waals surface area contributed by atoms with Crippen LogP contribution in [-0.2, 0) is 11.3 Å². The molecule has 84 valence electrons. The Bertz CT molecular complexity index is 349. The Kier molecular flexibility index (Phi) is 4.52. The van der Waals surface area contributed by atoms with Crippen molar-refractivity contribution in [3.05, 3.63) is 15.5 Å². The highest BCUT2D eigenvalue weighted by Crippen LogP contribution is 2.13. The van der Waals surface area contributed by atoms with E-state index in [1.54, 1.807) is 17.8 Å². The molecular formula is C9H14IN3O2. The summed E-state index contributed by atoms with van der Waals surface area (Å²) in [6, 6.07) is -0.0473. The van der Waals surface area contributed by atoms with E-state index >= 15 is 0 Å². The maximum absolute atomic E-state index is 11.6. The van der Waals surface area contributed by atoms with Crippen LogP contribution < -0.4 is 5.73 Å². The maximum Gasteiger partial charge on any atom is 0.357 e. The lowest BCUT2D eigenvalue weighted by atomic mass is 10.3. The van der Waals surface area contributed by atoms with Crippen LogP contribution in [0, 0.1) is 3.57 Å². The van der Waals surface area contributed by atoms with Crippen LogP contribution in [0.15, 0.2) is 6.20 Å². The molecular weight excluding hydrogens is 309 g/mol. The fraction of sp³-hybridized carbons (Fsp3) is 0.556. The van der Waals surface area contributed by atoms with E-state index in [0.717, 1.165) is 3.57 Å². The first-order chi connectivity index (χ1) is 7.06. The molecule has 5 nitrogen and oxygen atoms in total. The summed E-state index contributed by atoms with van der Waals surface area (Å²) in [5, 5.41) is 4.09. The van der Waals surface area contributed by atoms with Gasteiger partial charge in [-0.25, -0.2) is 4.79 Å². The highest BCUT2D eigenvalue weighted by atomic mass is 127. The van der Waals surface area contributed by atoms with E-state index in [1.807, 2.05) is 6.92 Å². The molecule has 2 N–H and O–H groups in total. The zero-order valence-corrected chi connectivity index (χ0v) is 10.9. The molecule has 1 rings (SSSR count). The van der Waals surface area contributed by atoms with Gasteiger partial charge in [-0.2, -0.15) is 5.10 Å². The molecule has 0 radical (unpaired) electrons. The SMILES string of the molecule is CCOC(=O)c1c(I)cnn1CC(C)N.